The van der Waals surface area contributed by atoms with E-state index in [1.54, 1.807) is 42.6 Å². The van der Waals surface area contributed by atoms with Gasteiger partial charge in [-0.3, -0.25) is 14.2 Å². The molecule has 0 aliphatic heterocycles. The van der Waals surface area contributed by atoms with E-state index in [0.29, 0.717) is 0 Å². The molecule has 0 fully saturated rings. The van der Waals surface area contributed by atoms with E-state index in [-0.39, 0.29) is 25.2 Å². The number of primary amides is 1. The highest BCUT2D eigenvalue weighted by Crippen LogP contribution is 2.49. The lowest BCUT2D eigenvalue weighted by Crippen LogP contribution is -2.49. The summed E-state index contributed by atoms with van der Waals surface area (Å²) in [5.74, 6) is -3.47. The minimum absolute atomic E-state index is 0.0237. The summed E-state index contributed by atoms with van der Waals surface area (Å²) in [7, 11) is -4.31. The Balaban J connectivity index is 1.36. The Kier molecular flexibility index (Phi) is 12.3. The van der Waals surface area contributed by atoms with Crippen molar-refractivity contribution in [2.24, 2.45) is 11.7 Å². The maximum absolute atomic E-state index is 14.3. The number of alkyl carbamates (subject to hydrolysis) is 1. The second kappa shape index (κ2) is 17.0. The molecule has 0 saturated heterocycles. The summed E-state index contributed by atoms with van der Waals surface area (Å²) >= 11 is 1.35. The molecule has 49 heavy (non-hydrogen) atoms. The first kappa shape index (κ1) is 35.5. The number of carbonyl (C=O) groups excluding carboxylic acids is 3. The Bertz CT molecular complexity index is 1890. The zero-order valence-corrected chi connectivity index (χ0v) is 28.4. The molecule has 4 atom stereocenters. The van der Waals surface area contributed by atoms with Crippen LogP contribution in [0.4, 0.5) is 4.79 Å². The number of ether oxygens (including phenoxy) is 1. The number of nitrogens with two attached hydrogens (primary N) is 1. The van der Waals surface area contributed by atoms with Crippen LogP contribution in [0.5, 0.6) is 0 Å². The van der Waals surface area contributed by atoms with E-state index in [0.717, 1.165) is 32.5 Å². The predicted octanol–water partition coefficient (Wildman–Crippen LogP) is 5.85. The third-order valence-corrected chi connectivity index (χ3v) is 11.5. The smallest absolute Gasteiger partial charge is 0.408 e. The van der Waals surface area contributed by atoms with Crippen LogP contribution in [0.3, 0.4) is 0 Å². The number of carbonyl (C=O) groups is 3. The van der Waals surface area contributed by atoms with Crippen LogP contribution in [0.25, 0.3) is 10.9 Å². The number of thioether (sulfide) groups is 1. The van der Waals surface area contributed by atoms with Crippen LogP contribution in [0.15, 0.2) is 126 Å². The van der Waals surface area contributed by atoms with E-state index in [2.05, 4.69) is 15.6 Å². The minimum Gasteiger partial charge on any atom is -0.445 e. The number of para-hydroxylation sites is 1. The molecule has 0 aliphatic carbocycles. The van der Waals surface area contributed by atoms with Crippen molar-refractivity contribution in [3.05, 3.63) is 138 Å². The highest BCUT2D eigenvalue weighted by Gasteiger charge is 2.38. The Hall–Kier alpha value is -4.83. The average Bonchev–Trinajstić information content (AvgIpc) is 3.52. The Labute approximate surface area is 289 Å². The second-order valence-electron chi connectivity index (χ2n) is 11.7. The fraction of sp³-hybridized carbons (Fsp3) is 0.216. The van der Waals surface area contributed by atoms with E-state index in [1.165, 1.54) is 11.8 Å². The molecular weight excluding hydrogens is 659 g/mol. The number of aromatic amines is 1. The van der Waals surface area contributed by atoms with Gasteiger partial charge in [0, 0.05) is 46.8 Å². The van der Waals surface area contributed by atoms with Gasteiger partial charge in [-0.15, -0.1) is 11.8 Å². The number of aromatic nitrogens is 1. The fourth-order valence-electron chi connectivity index (χ4n) is 5.43. The number of amides is 3. The second-order valence-corrected chi connectivity index (χ2v) is 15.3. The van der Waals surface area contributed by atoms with Crippen molar-refractivity contribution in [2.45, 2.75) is 36.2 Å². The molecule has 2 unspecified atom stereocenters. The number of H-pyrrole nitrogens is 1. The third-order valence-electron chi connectivity index (χ3n) is 8.06. The Morgan fingerprint density at radius 1 is 0.816 bits per heavy atom. The van der Waals surface area contributed by atoms with Crippen molar-refractivity contribution in [1.82, 2.24) is 15.6 Å². The van der Waals surface area contributed by atoms with E-state index < -0.39 is 49.2 Å². The first-order valence-corrected chi connectivity index (χ1v) is 18.7. The number of hydrogen-bond donors (Lipinski definition) is 5. The molecule has 1 aromatic heterocycles. The van der Waals surface area contributed by atoms with Crippen molar-refractivity contribution in [3.8, 4) is 0 Å². The summed E-state index contributed by atoms with van der Waals surface area (Å²) in [6.07, 6.45) is 0.610. The van der Waals surface area contributed by atoms with Gasteiger partial charge in [0.15, 0.2) is 0 Å². The number of benzene rings is 4. The first-order chi connectivity index (χ1) is 23.7. The first-order valence-electron chi connectivity index (χ1n) is 15.8. The monoisotopic (exact) mass is 698 g/mol. The highest BCUT2D eigenvalue weighted by molar-refractivity contribution is 7.99. The van der Waals surface area contributed by atoms with Gasteiger partial charge < -0.3 is 31.0 Å². The van der Waals surface area contributed by atoms with Crippen molar-refractivity contribution >= 4 is 47.9 Å². The molecule has 12 heteroatoms. The average molecular weight is 699 g/mol. The molecule has 1 heterocycles. The van der Waals surface area contributed by atoms with Gasteiger partial charge in [0.05, 0.1) is 5.92 Å². The lowest BCUT2D eigenvalue weighted by Gasteiger charge is -2.28. The maximum atomic E-state index is 14.3. The van der Waals surface area contributed by atoms with Crippen molar-refractivity contribution in [2.75, 3.05) is 11.9 Å². The fourth-order valence-corrected chi connectivity index (χ4v) is 8.60. The van der Waals surface area contributed by atoms with Crippen LogP contribution in [0, 0.1) is 5.92 Å². The van der Waals surface area contributed by atoms with E-state index in [1.807, 2.05) is 78.9 Å². The van der Waals surface area contributed by atoms with Crippen LogP contribution in [-0.2, 0) is 38.3 Å². The summed E-state index contributed by atoms with van der Waals surface area (Å²) in [5, 5.41) is 6.27. The number of rotatable bonds is 16. The van der Waals surface area contributed by atoms with Crippen molar-refractivity contribution < 1.29 is 28.6 Å². The molecule has 0 radical (unpaired) electrons. The van der Waals surface area contributed by atoms with Crippen LogP contribution >= 0.6 is 19.1 Å². The maximum Gasteiger partial charge on any atom is 0.408 e. The molecule has 0 aliphatic rings. The van der Waals surface area contributed by atoms with E-state index in [9.17, 15) is 23.8 Å². The largest absolute Gasteiger partial charge is 0.445 e. The van der Waals surface area contributed by atoms with Gasteiger partial charge in [-0.1, -0.05) is 97.1 Å². The molecule has 0 saturated carbocycles. The van der Waals surface area contributed by atoms with Crippen LogP contribution in [0.2, 0.25) is 0 Å². The molecule has 3 amide bonds. The lowest BCUT2D eigenvalue weighted by atomic mass is 10.0. The van der Waals surface area contributed by atoms with Gasteiger partial charge in [0.1, 0.15) is 18.4 Å². The third kappa shape index (κ3) is 10.3. The molecule has 10 nitrogen and oxygen atoms in total. The van der Waals surface area contributed by atoms with Crippen molar-refractivity contribution in [1.29, 1.82) is 0 Å². The minimum atomic E-state index is -4.31. The van der Waals surface area contributed by atoms with Crippen molar-refractivity contribution in [3.63, 3.8) is 0 Å². The van der Waals surface area contributed by atoms with Gasteiger partial charge in [-0.2, -0.15) is 0 Å². The summed E-state index contributed by atoms with van der Waals surface area (Å²) in [5.41, 5.74) is 8.92. The molecule has 5 rings (SSSR count). The van der Waals surface area contributed by atoms with E-state index in [4.69, 9.17) is 10.5 Å². The molecule has 4 aromatic carbocycles. The standard InChI is InChI=1S/C37H39N4O6PS/c38-35(42)33(21-28-22-39-32-19-11-10-18-31(28)32)40-36(43)29(25-49-30-16-8-3-9-17-30)24-48(45,46)34(20-26-12-4-1-5-13-26)41-37(44)47-23-27-14-6-2-7-15-27/h1-19,22,29,33-34,39H,20-21,23-25H2,(H2,38,42)(H,40,43)(H,41,44)(H,45,46)/t29?,33-,34+/m0/s1. The Morgan fingerprint density at radius 3 is 2.10 bits per heavy atom. The SMILES string of the molecule is NC(=O)[C@H](Cc1c[nH]c2ccccc12)NC(=O)C(CSc1ccccc1)CP(=O)(O)[C@H](Cc1ccccc1)NC(=O)OCc1ccccc1. The normalized spacial score (nSPS) is 14.2. The molecule has 0 spiro atoms. The van der Waals surface area contributed by atoms with Gasteiger partial charge in [0.25, 0.3) is 0 Å². The highest BCUT2D eigenvalue weighted by atomic mass is 32.2. The summed E-state index contributed by atoms with van der Waals surface area (Å²) in [6, 6.07) is 34.0. The molecule has 6 N–H and O–H groups in total. The number of fused-ring (bicyclic) bond motifs is 1. The lowest BCUT2D eigenvalue weighted by molar-refractivity contribution is -0.129. The summed E-state index contributed by atoms with van der Waals surface area (Å²) in [4.78, 5) is 55.2. The van der Waals surface area contributed by atoms with Gasteiger partial charge in [-0.05, 0) is 34.9 Å². The van der Waals surface area contributed by atoms with Crippen LogP contribution in [-0.4, -0.2) is 51.5 Å². The van der Waals surface area contributed by atoms with Gasteiger partial charge in [-0.25, -0.2) is 4.79 Å². The molecule has 0 bridgehead atoms. The zero-order chi connectivity index (χ0) is 34.6. The quantitative estimate of drug-likeness (QED) is 0.0637. The number of nitrogens with one attached hydrogen (secondary N) is 3. The van der Waals surface area contributed by atoms with Gasteiger partial charge in [0.2, 0.25) is 19.2 Å². The van der Waals surface area contributed by atoms with E-state index >= 15 is 0 Å². The predicted molar refractivity (Wildman–Crippen MR) is 192 cm³/mol. The topological polar surface area (TPSA) is 164 Å². The molecular formula is C37H39N4O6PS. The molecule has 254 valence electrons. The van der Waals surface area contributed by atoms with Crippen LogP contribution < -0.4 is 16.4 Å². The zero-order valence-electron chi connectivity index (χ0n) is 26.7. The molecule has 5 aromatic rings. The van der Waals surface area contributed by atoms with Crippen LogP contribution in [0.1, 0.15) is 16.7 Å². The summed E-state index contributed by atoms with van der Waals surface area (Å²) < 4.78 is 19.7. The number of hydrogen-bond acceptors (Lipinski definition) is 6. The van der Waals surface area contributed by atoms with Gasteiger partial charge >= 0.3 is 6.09 Å². The Morgan fingerprint density at radius 2 is 1.43 bits per heavy atom. The summed E-state index contributed by atoms with van der Waals surface area (Å²) in [6.45, 7) is -0.0237.